The summed E-state index contributed by atoms with van der Waals surface area (Å²) in [5, 5.41) is 21.3. The minimum atomic E-state index is -1.67. The maximum Gasteiger partial charge on any atom is 0.330 e. The number of allylic oxidation sites excluding steroid dienone is 2. The van der Waals surface area contributed by atoms with E-state index in [9.17, 15) is 24.6 Å². The summed E-state index contributed by atoms with van der Waals surface area (Å²) in [6, 6.07) is 0. The highest BCUT2D eigenvalue weighted by atomic mass is 16.7. The van der Waals surface area contributed by atoms with E-state index in [1.54, 1.807) is 6.08 Å². The zero-order valence-electron chi connectivity index (χ0n) is 24.9. The quantitative estimate of drug-likeness (QED) is 0.290. The van der Waals surface area contributed by atoms with Gasteiger partial charge in [0.05, 0.1) is 17.1 Å². The largest absolute Gasteiger partial charge is 0.506 e. The SMILES string of the molecule is CC(C)=CCc1c2c(c(O)c3c1O[C@@]14C5C[C@@H](C(=O)[C@@]1(C/C=C(/C)C(=O)O)OC5(C)C)C1OC14C3=O)C=CC(C)(C)O2. The number of phenols is 1. The number of epoxide rings is 1. The third kappa shape index (κ3) is 2.98. The number of hydrogen-bond acceptors (Lipinski definition) is 8. The molecule has 42 heavy (non-hydrogen) atoms. The molecule has 0 radical (unpaired) electrons. The molecular formula is C33H36O9. The lowest BCUT2D eigenvalue weighted by atomic mass is 9.46. The number of hydrogen-bond donors (Lipinski definition) is 2. The molecule has 1 aromatic rings. The molecule has 3 saturated carbocycles. The maximum absolute atomic E-state index is 14.8. The van der Waals surface area contributed by atoms with Crippen LogP contribution in [0.15, 0.2) is 29.4 Å². The van der Waals surface area contributed by atoms with Crippen molar-refractivity contribution >= 4 is 23.6 Å². The number of ketones is 2. The van der Waals surface area contributed by atoms with Gasteiger partial charge in [0.2, 0.25) is 11.4 Å². The topological polar surface area (TPSA) is 132 Å². The van der Waals surface area contributed by atoms with Crippen molar-refractivity contribution in [3.8, 4) is 17.2 Å². The molecule has 8 rings (SSSR count). The van der Waals surface area contributed by atoms with Crippen LogP contribution in [0, 0.1) is 11.8 Å². The number of carbonyl (C=O) groups is 3. The van der Waals surface area contributed by atoms with Crippen LogP contribution in [-0.4, -0.2) is 61.9 Å². The summed E-state index contributed by atoms with van der Waals surface area (Å²) < 4.78 is 26.6. The van der Waals surface area contributed by atoms with E-state index < -0.39 is 57.7 Å². The first-order valence-corrected chi connectivity index (χ1v) is 14.5. The first kappa shape index (κ1) is 27.4. The predicted octanol–water partition coefficient (Wildman–Crippen LogP) is 4.72. The Labute approximate surface area is 244 Å². The number of rotatable bonds is 5. The minimum Gasteiger partial charge on any atom is -0.506 e. The number of Topliss-reactive ketones (excluding diaryl/α,β-unsaturated/α-hetero) is 2. The van der Waals surface area contributed by atoms with Crippen molar-refractivity contribution in [1.82, 2.24) is 0 Å². The Bertz CT molecular complexity index is 1610. The van der Waals surface area contributed by atoms with Gasteiger partial charge in [0.25, 0.3) is 0 Å². The smallest absolute Gasteiger partial charge is 0.330 e. The Hall–Kier alpha value is -3.43. The van der Waals surface area contributed by atoms with E-state index in [0.29, 0.717) is 29.7 Å². The fourth-order valence-electron chi connectivity index (χ4n) is 8.40. The van der Waals surface area contributed by atoms with Crippen molar-refractivity contribution in [3.05, 3.63) is 46.1 Å². The molecule has 4 aliphatic heterocycles. The van der Waals surface area contributed by atoms with Crippen LogP contribution < -0.4 is 9.47 Å². The molecule has 9 heteroatoms. The van der Waals surface area contributed by atoms with Crippen LogP contribution >= 0.6 is 0 Å². The molecule has 1 aromatic carbocycles. The van der Waals surface area contributed by atoms with Gasteiger partial charge in [0.15, 0.2) is 17.0 Å². The average molecular weight is 577 g/mol. The van der Waals surface area contributed by atoms with Gasteiger partial charge >= 0.3 is 5.97 Å². The van der Waals surface area contributed by atoms with Gasteiger partial charge in [-0.3, -0.25) is 9.59 Å². The van der Waals surface area contributed by atoms with E-state index in [1.807, 2.05) is 53.7 Å². The van der Waals surface area contributed by atoms with Crippen LogP contribution in [0.2, 0.25) is 0 Å². The van der Waals surface area contributed by atoms with E-state index >= 15 is 0 Å². The molecule has 0 aromatic heterocycles. The Morgan fingerprint density at radius 2 is 1.79 bits per heavy atom. The molecule has 7 aliphatic rings. The Morgan fingerprint density at radius 3 is 2.45 bits per heavy atom. The van der Waals surface area contributed by atoms with E-state index in [2.05, 4.69) is 0 Å². The van der Waals surface area contributed by atoms with Crippen LogP contribution in [-0.2, 0) is 25.5 Å². The molecule has 0 amide bonds. The summed E-state index contributed by atoms with van der Waals surface area (Å²) >= 11 is 0. The van der Waals surface area contributed by atoms with Gasteiger partial charge in [-0.1, -0.05) is 17.7 Å². The van der Waals surface area contributed by atoms with Gasteiger partial charge in [-0.15, -0.1) is 0 Å². The number of benzene rings is 1. The van der Waals surface area contributed by atoms with Crippen molar-refractivity contribution in [2.45, 2.75) is 102 Å². The first-order chi connectivity index (χ1) is 19.5. The average Bonchev–Trinajstić information content (AvgIpc) is 3.63. The number of carbonyl (C=O) groups excluding carboxylic acids is 2. The molecule has 4 heterocycles. The van der Waals surface area contributed by atoms with Crippen LogP contribution in [0.25, 0.3) is 6.08 Å². The number of fused-ring (bicyclic) bond motifs is 2. The third-order valence-corrected chi connectivity index (χ3v) is 10.3. The van der Waals surface area contributed by atoms with Crippen LogP contribution in [0.4, 0.5) is 0 Å². The summed E-state index contributed by atoms with van der Waals surface area (Å²) in [4.78, 5) is 40.9. The Morgan fingerprint density at radius 1 is 1.07 bits per heavy atom. The number of carboxylic acids is 1. The number of phenolic OH excluding ortho intramolecular Hbond substituents is 1. The number of aromatic hydroxyl groups is 1. The van der Waals surface area contributed by atoms with Crippen LogP contribution in [0.3, 0.4) is 0 Å². The standard InChI is InChI=1S/C33H36O9/c1-15(2)8-9-18-23-17(11-12-29(4,5)39-23)22(34)21-24(18)40-33-20-14-19(27-32(33,41-27)26(21)36)25(35)31(33,42-30(20,6)7)13-10-16(3)28(37)38/h8,10-12,19-20,27,34H,9,13-14H2,1-7H3,(H,37,38)/b16-10-/t19-,20?,27?,31+,32?,33-/m0/s1. The lowest BCUT2D eigenvalue weighted by Gasteiger charge is -2.58. The third-order valence-electron chi connectivity index (χ3n) is 10.3. The monoisotopic (exact) mass is 576 g/mol. The molecular weight excluding hydrogens is 540 g/mol. The van der Waals surface area contributed by atoms with Gasteiger partial charge in [0, 0.05) is 23.5 Å². The highest BCUT2D eigenvalue weighted by Gasteiger charge is 2.97. The summed E-state index contributed by atoms with van der Waals surface area (Å²) in [5.74, 6) is -2.47. The van der Waals surface area contributed by atoms with Crippen molar-refractivity contribution in [3.63, 3.8) is 0 Å². The Kier molecular flexibility index (Phi) is 5.18. The highest BCUT2D eigenvalue weighted by Crippen LogP contribution is 2.77. The Balaban J connectivity index is 1.53. The van der Waals surface area contributed by atoms with Gasteiger partial charge in [-0.25, -0.2) is 4.79 Å². The second kappa shape index (κ2) is 7.94. The molecule has 5 fully saturated rings. The summed E-state index contributed by atoms with van der Waals surface area (Å²) in [5.41, 5.74) is -4.23. The second-order valence-electron chi connectivity index (χ2n) is 13.9. The summed E-state index contributed by atoms with van der Waals surface area (Å²) in [7, 11) is 0. The zero-order valence-corrected chi connectivity index (χ0v) is 24.9. The predicted molar refractivity (Wildman–Crippen MR) is 151 cm³/mol. The van der Waals surface area contributed by atoms with Crippen molar-refractivity contribution in [2.24, 2.45) is 11.8 Å². The molecule has 9 nitrogen and oxygen atoms in total. The van der Waals surface area contributed by atoms with Crippen molar-refractivity contribution in [2.75, 3.05) is 0 Å². The summed E-state index contributed by atoms with van der Waals surface area (Å²) in [6.07, 6.45) is 7.06. The molecule has 2 N–H and O–H groups in total. The lowest BCUT2D eigenvalue weighted by molar-refractivity contribution is -0.192. The molecule has 2 saturated heterocycles. The van der Waals surface area contributed by atoms with E-state index in [0.717, 1.165) is 5.57 Å². The lowest BCUT2D eigenvalue weighted by Crippen LogP contribution is -2.80. The molecule has 4 bridgehead atoms. The van der Waals surface area contributed by atoms with E-state index in [-0.39, 0.29) is 34.8 Å². The van der Waals surface area contributed by atoms with Crippen molar-refractivity contribution in [1.29, 1.82) is 0 Å². The summed E-state index contributed by atoms with van der Waals surface area (Å²) in [6.45, 7) is 13.0. The minimum absolute atomic E-state index is 0.0246. The van der Waals surface area contributed by atoms with Gasteiger partial charge < -0.3 is 29.2 Å². The van der Waals surface area contributed by atoms with Gasteiger partial charge in [0.1, 0.15) is 34.5 Å². The normalized spacial score (nSPS) is 37.1. The molecule has 2 spiro atoms. The molecule has 3 unspecified atom stereocenters. The fraction of sp³-hybridized carbons (Fsp3) is 0.545. The van der Waals surface area contributed by atoms with Gasteiger partial charge in [-0.2, -0.15) is 0 Å². The van der Waals surface area contributed by atoms with Gasteiger partial charge in [-0.05, 0) is 73.5 Å². The zero-order chi connectivity index (χ0) is 30.4. The fourth-order valence-corrected chi connectivity index (χ4v) is 8.40. The van der Waals surface area contributed by atoms with E-state index in [4.69, 9.17) is 18.9 Å². The maximum atomic E-state index is 14.8. The molecule has 3 aliphatic carbocycles. The van der Waals surface area contributed by atoms with Crippen molar-refractivity contribution < 1.29 is 43.5 Å². The first-order valence-electron chi connectivity index (χ1n) is 14.5. The number of aliphatic carboxylic acids is 1. The number of carboxylic acid groups (broad SMARTS) is 1. The second-order valence-corrected chi connectivity index (χ2v) is 13.9. The van der Waals surface area contributed by atoms with Crippen LogP contribution in [0.1, 0.15) is 82.8 Å². The highest BCUT2D eigenvalue weighted by molar-refractivity contribution is 6.16. The molecule has 6 atom stereocenters. The van der Waals surface area contributed by atoms with Crippen LogP contribution in [0.5, 0.6) is 17.2 Å². The van der Waals surface area contributed by atoms with E-state index in [1.165, 1.54) is 13.0 Å². The number of ether oxygens (including phenoxy) is 4. The molecule has 222 valence electrons.